The third-order valence-electron chi connectivity index (χ3n) is 3.41. The molecule has 0 aromatic carbocycles. The Kier molecular flexibility index (Phi) is 5.15. The van der Waals surface area contributed by atoms with Crippen molar-refractivity contribution in [1.82, 2.24) is 14.8 Å². The molecule has 108 valence electrons. The molecule has 0 spiro atoms. The van der Waals surface area contributed by atoms with E-state index < -0.39 is 0 Å². The van der Waals surface area contributed by atoms with Crippen LogP contribution in [0.25, 0.3) is 0 Å². The van der Waals surface area contributed by atoms with Gasteiger partial charge >= 0.3 is 0 Å². The first kappa shape index (κ1) is 15.0. The molecule has 20 heavy (non-hydrogen) atoms. The molecule has 2 heterocycles. The van der Waals surface area contributed by atoms with Gasteiger partial charge in [-0.15, -0.1) is 0 Å². The Morgan fingerprint density at radius 1 is 1.40 bits per heavy atom. The lowest BCUT2D eigenvalue weighted by Crippen LogP contribution is -2.25. The van der Waals surface area contributed by atoms with Crippen LogP contribution in [0.3, 0.4) is 0 Å². The minimum atomic E-state index is 0.0657. The molecule has 0 radical (unpaired) electrons. The molecule has 2 rings (SSSR count). The maximum Gasteiger partial charge on any atom is 0.0847 e. The highest BCUT2D eigenvalue weighted by Gasteiger charge is 2.15. The van der Waals surface area contributed by atoms with Crippen molar-refractivity contribution in [1.29, 1.82) is 0 Å². The number of halogens is 1. The monoisotopic (exact) mass is 292 g/mol. The lowest BCUT2D eigenvalue weighted by molar-refractivity contribution is 0.552. The van der Waals surface area contributed by atoms with Crippen LogP contribution in [0.5, 0.6) is 0 Å². The Balaban J connectivity index is 1.96. The average Bonchev–Trinajstić information content (AvgIpc) is 2.74. The number of nitrogens with two attached hydrogens (primary N) is 1. The molecule has 0 aliphatic carbocycles. The summed E-state index contributed by atoms with van der Waals surface area (Å²) in [4.78, 5) is 4.31. The molecule has 0 fully saturated rings. The summed E-state index contributed by atoms with van der Waals surface area (Å²) in [6.07, 6.45) is 4.34. The third kappa shape index (κ3) is 3.58. The smallest absolute Gasteiger partial charge is 0.0847 e. The SMILES string of the molecule is CCn1nc(C)c(Cl)c1CC(N)CCc1ccccn1. The maximum atomic E-state index is 6.30. The van der Waals surface area contributed by atoms with Crippen LogP contribution in [0.15, 0.2) is 24.4 Å². The standard InChI is InChI=1S/C15H21ClN4/c1-3-20-14(15(16)11(2)19-20)10-12(17)7-8-13-6-4-5-9-18-13/h4-6,9,12H,3,7-8,10,17H2,1-2H3. The van der Waals surface area contributed by atoms with Crippen molar-refractivity contribution < 1.29 is 0 Å². The molecule has 1 atom stereocenters. The Hall–Kier alpha value is -1.39. The fraction of sp³-hybridized carbons (Fsp3) is 0.467. The van der Waals surface area contributed by atoms with Crippen molar-refractivity contribution >= 4 is 11.6 Å². The molecule has 2 aromatic rings. The van der Waals surface area contributed by atoms with Gasteiger partial charge in [0.15, 0.2) is 0 Å². The van der Waals surface area contributed by atoms with Crippen molar-refractivity contribution in [2.45, 2.75) is 45.7 Å². The van der Waals surface area contributed by atoms with Gasteiger partial charge in [-0.1, -0.05) is 17.7 Å². The van der Waals surface area contributed by atoms with Gasteiger partial charge in [0, 0.05) is 30.9 Å². The number of nitrogens with zero attached hydrogens (tertiary/aromatic N) is 3. The van der Waals surface area contributed by atoms with Gasteiger partial charge in [0.2, 0.25) is 0 Å². The molecule has 4 nitrogen and oxygen atoms in total. The highest BCUT2D eigenvalue weighted by Crippen LogP contribution is 2.22. The van der Waals surface area contributed by atoms with Crippen molar-refractivity contribution in [3.05, 3.63) is 46.5 Å². The second-order valence-corrected chi connectivity index (χ2v) is 5.36. The summed E-state index contributed by atoms with van der Waals surface area (Å²) in [5.74, 6) is 0. The zero-order chi connectivity index (χ0) is 14.5. The Morgan fingerprint density at radius 2 is 2.20 bits per heavy atom. The summed E-state index contributed by atoms with van der Waals surface area (Å²) in [5, 5.41) is 5.17. The van der Waals surface area contributed by atoms with E-state index in [1.165, 1.54) is 0 Å². The predicted molar refractivity (Wildman–Crippen MR) is 81.9 cm³/mol. The number of pyridine rings is 1. The number of hydrogen-bond acceptors (Lipinski definition) is 3. The summed E-state index contributed by atoms with van der Waals surface area (Å²) in [6, 6.07) is 6.02. The molecule has 2 N–H and O–H groups in total. The topological polar surface area (TPSA) is 56.7 Å². The molecule has 0 aliphatic heterocycles. The van der Waals surface area contributed by atoms with Gasteiger partial charge in [-0.25, -0.2) is 0 Å². The molecule has 0 saturated heterocycles. The third-order valence-corrected chi connectivity index (χ3v) is 3.90. The second-order valence-electron chi connectivity index (χ2n) is 4.99. The van der Waals surface area contributed by atoms with Gasteiger partial charge in [-0.2, -0.15) is 5.10 Å². The van der Waals surface area contributed by atoms with Crippen LogP contribution in [0.2, 0.25) is 5.02 Å². The number of aromatic nitrogens is 3. The molecule has 2 aromatic heterocycles. The van der Waals surface area contributed by atoms with E-state index in [1.807, 2.05) is 36.0 Å². The van der Waals surface area contributed by atoms with E-state index in [0.717, 1.165) is 47.9 Å². The summed E-state index contributed by atoms with van der Waals surface area (Å²) in [6.45, 7) is 4.80. The van der Waals surface area contributed by atoms with E-state index in [1.54, 1.807) is 0 Å². The van der Waals surface area contributed by atoms with Crippen LogP contribution in [-0.4, -0.2) is 20.8 Å². The van der Waals surface area contributed by atoms with Gasteiger partial charge in [0.05, 0.1) is 16.4 Å². The molecule has 0 saturated carbocycles. The highest BCUT2D eigenvalue weighted by molar-refractivity contribution is 6.31. The Bertz CT molecular complexity index is 551. The molecule has 1 unspecified atom stereocenters. The Labute approximate surface area is 125 Å². The van der Waals surface area contributed by atoms with Crippen molar-refractivity contribution in [2.24, 2.45) is 5.73 Å². The van der Waals surface area contributed by atoms with Crippen molar-refractivity contribution in [2.75, 3.05) is 0 Å². The van der Waals surface area contributed by atoms with Gasteiger partial charge in [0.25, 0.3) is 0 Å². The predicted octanol–water partition coefficient (Wildman–Crippen LogP) is 2.76. The van der Waals surface area contributed by atoms with Gasteiger partial charge in [-0.3, -0.25) is 9.67 Å². The van der Waals surface area contributed by atoms with Crippen LogP contribution in [0.4, 0.5) is 0 Å². The molecular formula is C15H21ClN4. The molecule has 0 aliphatic rings. The quantitative estimate of drug-likeness (QED) is 0.891. The fourth-order valence-corrected chi connectivity index (χ4v) is 2.51. The first-order valence-corrected chi connectivity index (χ1v) is 7.36. The average molecular weight is 293 g/mol. The first-order chi connectivity index (χ1) is 9.61. The second kappa shape index (κ2) is 6.86. The lowest BCUT2D eigenvalue weighted by Gasteiger charge is -2.12. The van der Waals surface area contributed by atoms with Crippen LogP contribution < -0.4 is 5.73 Å². The van der Waals surface area contributed by atoms with Crippen LogP contribution in [0, 0.1) is 6.92 Å². The first-order valence-electron chi connectivity index (χ1n) is 6.99. The van der Waals surface area contributed by atoms with Crippen LogP contribution >= 0.6 is 11.6 Å². The molecule has 5 heteroatoms. The van der Waals surface area contributed by atoms with Gasteiger partial charge in [-0.05, 0) is 38.8 Å². The van der Waals surface area contributed by atoms with E-state index in [9.17, 15) is 0 Å². The van der Waals surface area contributed by atoms with Crippen molar-refractivity contribution in [3.63, 3.8) is 0 Å². The minimum Gasteiger partial charge on any atom is -0.327 e. The highest BCUT2D eigenvalue weighted by atomic mass is 35.5. The van der Waals surface area contributed by atoms with Gasteiger partial charge in [0.1, 0.15) is 0 Å². The maximum absolute atomic E-state index is 6.30. The lowest BCUT2D eigenvalue weighted by atomic mass is 10.0. The zero-order valence-corrected chi connectivity index (χ0v) is 12.8. The number of aryl methyl sites for hydroxylation is 3. The summed E-state index contributed by atoms with van der Waals surface area (Å²) < 4.78 is 1.94. The molecule has 0 bridgehead atoms. The molecular weight excluding hydrogens is 272 g/mol. The zero-order valence-electron chi connectivity index (χ0n) is 12.0. The van der Waals surface area contributed by atoms with E-state index in [4.69, 9.17) is 17.3 Å². The van der Waals surface area contributed by atoms with E-state index in [0.29, 0.717) is 0 Å². The van der Waals surface area contributed by atoms with Gasteiger partial charge < -0.3 is 5.73 Å². The fourth-order valence-electron chi connectivity index (χ4n) is 2.29. The summed E-state index contributed by atoms with van der Waals surface area (Å²) >= 11 is 6.30. The Morgan fingerprint density at radius 3 is 2.85 bits per heavy atom. The van der Waals surface area contributed by atoms with E-state index >= 15 is 0 Å². The van der Waals surface area contributed by atoms with Crippen molar-refractivity contribution in [3.8, 4) is 0 Å². The minimum absolute atomic E-state index is 0.0657. The number of hydrogen-bond donors (Lipinski definition) is 1. The van der Waals surface area contributed by atoms with Crippen LogP contribution in [0.1, 0.15) is 30.4 Å². The normalized spacial score (nSPS) is 12.6. The summed E-state index contributed by atoms with van der Waals surface area (Å²) in [7, 11) is 0. The van der Waals surface area contributed by atoms with E-state index in [-0.39, 0.29) is 6.04 Å². The largest absolute Gasteiger partial charge is 0.327 e. The number of rotatable bonds is 6. The summed E-state index contributed by atoms with van der Waals surface area (Å²) in [5.41, 5.74) is 9.22. The molecule has 0 amide bonds. The van der Waals surface area contributed by atoms with E-state index in [2.05, 4.69) is 17.0 Å². The van der Waals surface area contributed by atoms with Crippen LogP contribution in [-0.2, 0) is 19.4 Å².